The number of benzene rings is 2. The number of hydrogen-bond donors (Lipinski definition) is 1. The Morgan fingerprint density at radius 2 is 1.84 bits per heavy atom. The molecule has 3 aromatic rings. The fourth-order valence-electron chi connectivity index (χ4n) is 4.92. The third kappa shape index (κ3) is 5.37. The number of carbonyl (C=O) groups excluding carboxylic acids is 3. The van der Waals surface area contributed by atoms with E-state index < -0.39 is 11.7 Å². The molecule has 200 valence electrons. The first kappa shape index (κ1) is 26.8. The predicted octanol–water partition coefficient (Wildman–Crippen LogP) is 7.26. The minimum Gasteiger partial charge on any atom is -0.497 e. The summed E-state index contributed by atoms with van der Waals surface area (Å²) in [5.74, 6) is 0.617. The summed E-state index contributed by atoms with van der Waals surface area (Å²) in [7, 11) is 1.59. The molecule has 2 amide bonds. The lowest BCUT2D eigenvalue weighted by Crippen LogP contribution is -2.47. The lowest BCUT2D eigenvalue weighted by Gasteiger charge is -2.43. The predicted molar refractivity (Wildman–Crippen MR) is 152 cm³/mol. The molecular weight excluding hydrogens is 544 g/mol. The van der Waals surface area contributed by atoms with Crippen LogP contribution < -0.4 is 10.1 Å². The number of ketones is 1. The van der Waals surface area contributed by atoms with E-state index in [1.807, 2.05) is 35.2 Å². The molecule has 0 aliphatic carbocycles. The van der Waals surface area contributed by atoms with E-state index in [0.29, 0.717) is 59.3 Å². The Bertz CT molecular complexity index is 1440. The zero-order valence-corrected chi connectivity index (χ0v) is 24.1. The Morgan fingerprint density at radius 1 is 1.11 bits per heavy atom. The number of likely N-dealkylation sites (tertiary alicyclic amines) is 1. The standard InChI is InChI=1S/C28H29ClN2O5S2/c1-27(2,3)36-26(34)30-24-23(18-7-6-17(35-4)14-22(18)37-24)25(33)31-11-9-28(10-12-31)15-20(32)19-13-16(29)5-8-21(19)38-28/h5-8,13-14H,9-12,15H2,1-4H3,(H,30,34). The zero-order chi connectivity index (χ0) is 27.2. The van der Waals surface area contributed by atoms with Crippen molar-refractivity contribution in [1.29, 1.82) is 0 Å². The summed E-state index contributed by atoms with van der Waals surface area (Å²) in [5.41, 5.74) is 0.459. The normalized spacial score (nSPS) is 16.9. The van der Waals surface area contributed by atoms with E-state index in [1.54, 1.807) is 45.7 Å². The molecule has 10 heteroatoms. The van der Waals surface area contributed by atoms with Gasteiger partial charge in [-0.25, -0.2) is 4.79 Å². The van der Waals surface area contributed by atoms with Crippen molar-refractivity contribution in [2.75, 3.05) is 25.5 Å². The van der Waals surface area contributed by atoms with Gasteiger partial charge in [-0.05, 0) is 70.0 Å². The number of amides is 2. The van der Waals surface area contributed by atoms with E-state index in [9.17, 15) is 14.4 Å². The number of Topliss-reactive ketones (excluding diaryl/α,β-unsaturated/α-hetero) is 1. The summed E-state index contributed by atoms with van der Waals surface area (Å²) in [5, 5.41) is 4.56. The largest absolute Gasteiger partial charge is 0.497 e. The average Bonchev–Trinajstić information content (AvgIpc) is 3.20. The molecule has 5 rings (SSSR count). The lowest BCUT2D eigenvalue weighted by atomic mass is 9.87. The number of methoxy groups -OCH3 is 1. The molecule has 1 spiro atoms. The van der Waals surface area contributed by atoms with Gasteiger partial charge >= 0.3 is 6.09 Å². The Kier molecular flexibility index (Phi) is 7.13. The summed E-state index contributed by atoms with van der Waals surface area (Å²) in [4.78, 5) is 42.2. The SMILES string of the molecule is COc1ccc2c(C(=O)N3CCC4(CC3)CC(=O)c3cc(Cl)ccc3S4)c(NC(=O)OC(C)(C)C)sc2c1. The molecule has 0 bridgehead atoms. The van der Waals surface area contributed by atoms with Crippen LogP contribution in [0, 0.1) is 0 Å². The summed E-state index contributed by atoms with van der Waals surface area (Å²) < 4.78 is 11.4. The minimum absolute atomic E-state index is 0.0997. The maximum absolute atomic E-state index is 13.9. The number of anilines is 1. The third-order valence-corrected chi connectivity index (χ3v) is 9.60. The van der Waals surface area contributed by atoms with Crippen LogP contribution in [0.2, 0.25) is 5.02 Å². The van der Waals surface area contributed by atoms with Gasteiger partial charge < -0.3 is 14.4 Å². The second-order valence-corrected chi connectivity index (χ2v) is 13.6. The monoisotopic (exact) mass is 572 g/mol. The van der Waals surface area contributed by atoms with E-state index >= 15 is 0 Å². The Labute approximate surface area is 234 Å². The highest BCUT2D eigenvalue weighted by Crippen LogP contribution is 2.50. The molecule has 3 heterocycles. The van der Waals surface area contributed by atoms with Gasteiger partial charge in [0.1, 0.15) is 16.4 Å². The Morgan fingerprint density at radius 3 is 2.53 bits per heavy atom. The topological polar surface area (TPSA) is 84.9 Å². The van der Waals surface area contributed by atoms with Crippen LogP contribution in [0.25, 0.3) is 10.1 Å². The Hall–Kier alpha value is -2.75. The van der Waals surface area contributed by atoms with Gasteiger partial charge in [0.15, 0.2) is 5.78 Å². The van der Waals surface area contributed by atoms with Gasteiger partial charge in [-0.3, -0.25) is 14.9 Å². The third-order valence-electron chi connectivity index (χ3n) is 6.74. The molecule has 1 N–H and O–H groups in total. The van der Waals surface area contributed by atoms with Crippen LogP contribution in [0.5, 0.6) is 5.75 Å². The fourth-order valence-corrected chi connectivity index (χ4v) is 7.68. The van der Waals surface area contributed by atoms with Crippen LogP contribution in [0.4, 0.5) is 9.80 Å². The molecule has 1 aromatic heterocycles. The lowest BCUT2D eigenvalue weighted by molar-refractivity contribution is 0.0636. The number of thiophene rings is 1. The van der Waals surface area contributed by atoms with Crippen LogP contribution in [-0.2, 0) is 4.74 Å². The average molecular weight is 573 g/mol. The number of hydrogen-bond acceptors (Lipinski definition) is 7. The molecule has 2 aromatic carbocycles. The van der Waals surface area contributed by atoms with Crippen molar-refractivity contribution >= 4 is 67.6 Å². The molecule has 38 heavy (non-hydrogen) atoms. The van der Waals surface area contributed by atoms with Gasteiger partial charge in [0.2, 0.25) is 0 Å². The van der Waals surface area contributed by atoms with Crippen molar-refractivity contribution in [3.63, 3.8) is 0 Å². The molecule has 1 fully saturated rings. The fraction of sp³-hybridized carbons (Fsp3) is 0.393. The first-order chi connectivity index (χ1) is 18.0. The van der Waals surface area contributed by atoms with Crippen molar-refractivity contribution < 1.29 is 23.9 Å². The van der Waals surface area contributed by atoms with Crippen LogP contribution >= 0.6 is 34.7 Å². The van der Waals surface area contributed by atoms with E-state index in [-0.39, 0.29) is 16.4 Å². The van der Waals surface area contributed by atoms with Gasteiger partial charge in [-0.1, -0.05) is 11.6 Å². The molecule has 2 aliphatic heterocycles. The molecule has 2 aliphatic rings. The molecule has 0 saturated carbocycles. The number of halogens is 1. The molecule has 7 nitrogen and oxygen atoms in total. The van der Waals surface area contributed by atoms with Crippen molar-refractivity contribution in [1.82, 2.24) is 4.90 Å². The molecule has 0 unspecified atom stereocenters. The van der Waals surface area contributed by atoms with Crippen LogP contribution in [0.1, 0.15) is 60.7 Å². The van der Waals surface area contributed by atoms with E-state index in [1.165, 1.54) is 11.3 Å². The van der Waals surface area contributed by atoms with Crippen molar-refractivity contribution in [3.8, 4) is 5.75 Å². The highest BCUT2D eigenvalue weighted by atomic mass is 35.5. The number of carbonyl (C=O) groups is 3. The quantitative estimate of drug-likeness (QED) is 0.355. The number of nitrogens with one attached hydrogen (secondary N) is 1. The number of piperidine rings is 1. The van der Waals surface area contributed by atoms with Crippen molar-refractivity contribution in [3.05, 3.63) is 52.5 Å². The molecular formula is C28H29ClN2O5S2. The molecule has 0 atom stereocenters. The van der Waals surface area contributed by atoms with E-state index in [4.69, 9.17) is 21.1 Å². The van der Waals surface area contributed by atoms with Gasteiger partial charge in [0, 0.05) is 49.8 Å². The first-order valence-electron chi connectivity index (χ1n) is 12.4. The van der Waals surface area contributed by atoms with Crippen molar-refractivity contribution in [2.45, 2.75) is 55.3 Å². The van der Waals surface area contributed by atoms with Gasteiger partial charge in [0.25, 0.3) is 5.91 Å². The Balaban J connectivity index is 1.39. The van der Waals surface area contributed by atoms with Gasteiger partial charge in [0.05, 0.1) is 12.7 Å². The number of ether oxygens (including phenoxy) is 2. The maximum Gasteiger partial charge on any atom is 0.412 e. The summed E-state index contributed by atoms with van der Waals surface area (Å²) in [6, 6.07) is 11.0. The zero-order valence-electron chi connectivity index (χ0n) is 21.7. The highest BCUT2D eigenvalue weighted by Gasteiger charge is 2.43. The molecule has 1 saturated heterocycles. The maximum atomic E-state index is 13.9. The number of nitrogens with zero attached hydrogens (tertiary/aromatic N) is 1. The number of thioether (sulfide) groups is 1. The summed E-state index contributed by atoms with van der Waals surface area (Å²) in [6.45, 7) is 6.40. The highest BCUT2D eigenvalue weighted by molar-refractivity contribution is 8.01. The second kappa shape index (κ2) is 10.1. The van der Waals surface area contributed by atoms with E-state index in [2.05, 4.69) is 5.32 Å². The summed E-state index contributed by atoms with van der Waals surface area (Å²) in [6.07, 6.45) is 1.21. The van der Waals surface area contributed by atoms with Gasteiger partial charge in [-0.2, -0.15) is 0 Å². The second-order valence-electron chi connectivity index (χ2n) is 10.6. The van der Waals surface area contributed by atoms with Crippen molar-refractivity contribution in [2.24, 2.45) is 0 Å². The number of fused-ring (bicyclic) bond motifs is 2. The van der Waals surface area contributed by atoms with Crippen LogP contribution in [0.3, 0.4) is 0 Å². The van der Waals surface area contributed by atoms with Gasteiger partial charge in [-0.15, -0.1) is 23.1 Å². The first-order valence-corrected chi connectivity index (χ1v) is 14.4. The molecule has 0 radical (unpaired) electrons. The smallest absolute Gasteiger partial charge is 0.412 e. The van der Waals surface area contributed by atoms with Crippen LogP contribution in [-0.4, -0.2) is 53.2 Å². The number of rotatable bonds is 3. The van der Waals surface area contributed by atoms with Crippen LogP contribution in [0.15, 0.2) is 41.3 Å². The minimum atomic E-state index is -0.672. The summed E-state index contributed by atoms with van der Waals surface area (Å²) >= 11 is 9.15. The van der Waals surface area contributed by atoms with E-state index in [0.717, 1.165) is 15.0 Å².